The van der Waals surface area contributed by atoms with Crippen molar-refractivity contribution in [2.24, 2.45) is 0 Å². The third-order valence-electron chi connectivity index (χ3n) is 3.23. The summed E-state index contributed by atoms with van der Waals surface area (Å²) >= 11 is 0. The third-order valence-corrected chi connectivity index (χ3v) is 4.84. The van der Waals surface area contributed by atoms with Gasteiger partial charge in [-0.25, -0.2) is 8.42 Å². The summed E-state index contributed by atoms with van der Waals surface area (Å²) in [6, 6.07) is 1.65. The largest absolute Gasteiger partial charge is 0.397 e. The summed E-state index contributed by atoms with van der Waals surface area (Å²) in [5.74, 6) is -0.0501. The van der Waals surface area contributed by atoms with Gasteiger partial charge in [0.2, 0.25) is 0 Å². The maximum Gasteiger partial charge on any atom is 0.270 e. The molecule has 1 aromatic rings. The number of nitrogen functional groups attached to an aromatic ring is 1. The van der Waals surface area contributed by atoms with Crippen molar-refractivity contribution in [1.29, 1.82) is 0 Å². The smallest absolute Gasteiger partial charge is 0.270 e. The number of amides is 1. The molecule has 2 N–H and O–H groups in total. The number of nitrogens with two attached hydrogens (primary N) is 1. The van der Waals surface area contributed by atoms with E-state index in [4.69, 9.17) is 5.73 Å². The number of hydrogen-bond donors (Lipinski definition) is 1. The quantitative estimate of drug-likeness (QED) is 0.868. The molecule has 0 saturated carbocycles. The number of carbonyl (C=O) groups is 1. The molecule has 0 aliphatic carbocycles. The first-order chi connectivity index (χ1) is 8.93. The van der Waals surface area contributed by atoms with Crippen LogP contribution in [0.4, 0.5) is 5.69 Å². The Morgan fingerprint density at radius 1 is 1.37 bits per heavy atom. The second kappa shape index (κ2) is 5.24. The Labute approximate surface area is 113 Å². The first kappa shape index (κ1) is 13.9. The average molecular weight is 285 g/mol. The Bertz CT molecular complexity index is 563. The van der Waals surface area contributed by atoms with Gasteiger partial charge in [-0.05, 0) is 12.5 Å². The number of carbonyl (C=O) groups excluding carboxylic acids is 1. The van der Waals surface area contributed by atoms with Gasteiger partial charge >= 0.3 is 0 Å². The number of rotatable bonds is 3. The minimum Gasteiger partial charge on any atom is -0.397 e. The van der Waals surface area contributed by atoms with E-state index in [1.807, 2.05) is 11.5 Å². The lowest BCUT2D eigenvalue weighted by atomic mass is 10.3. The van der Waals surface area contributed by atoms with Gasteiger partial charge in [0.25, 0.3) is 5.91 Å². The van der Waals surface area contributed by atoms with Gasteiger partial charge in [-0.2, -0.15) is 0 Å². The Hall–Kier alpha value is -1.50. The van der Waals surface area contributed by atoms with Gasteiger partial charge in [-0.1, -0.05) is 6.92 Å². The average Bonchev–Trinajstić information content (AvgIpc) is 2.70. The molecule has 19 heavy (non-hydrogen) atoms. The fourth-order valence-corrected chi connectivity index (χ4v) is 3.42. The summed E-state index contributed by atoms with van der Waals surface area (Å²) < 4.78 is 24.6. The topological polar surface area (TPSA) is 85.4 Å². The van der Waals surface area contributed by atoms with E-state index in [0.29, 0.717) is 11.4 Å². The van der Waals surface area contributed by atoms with E-state index in [-0.39, 0.29) is 30.5 Å². The summed E-state index contributed by atoms with van der Waals surface area (Å²) in [7, 11) is -2.97. The number of anilines is 1. The van der Waals surface area contributed by atoms with Crippen LogP contribution in [-0.4, -0.2) is 48.4 Å². The minimum atomic E-state index is -2.97. The Morgan fingerprint density at radius 3 is 2.58 bits per heavy atom. The molecular weight excluding hydrogens is 266 g/mol. The number of hydrogen-bond acceptors (Lipinski definition) is 4. The van der Waals surface area contributed by atoms with E-state index in [1.165, 1.54) is 0 Å². The van der Waals surface area contributed by atoms with Crippen LogP contribution in [0.3, 0.4) is 0 Å². The van der Waals surface area contributed by atoms with Crippen LogP contribution in [0, 0.1) is 0 Å². The van der Waals surface area contributed by atoms with Crippen LogP contribution in [0.5, 0.6) is 0 Å². The Kier molecular flexibility index (Phi) is 3.84. The highest BCUT2D eigenvalue weighted by molar-refractivity contribution is 7.91. The van der Waals surface area contributed by atoms with Crippen molar-refractivity contribution in [3.8, 4) is 0 Å². The third kappa shape index (κ3) is 3.09. The standard InChI is InChI=1S/C12H19N3O3S/c1-2-3-15-9-10(13)8-11(15)12(16)14-4-6-19(17,18)7-5-14/h8-9H,2-7,13H2,1H3. The predicted octanol–water partition coefficient (Wildman–Crippen LogP) is 0.351. The molecule has 0 aromatic carbocycles. The van der Waals surface area contributed by atoms with Crippen molar-refractivity contribution < 1.29 is 13.2 Å². The van der Waals surface area contributed by atoms with Gasteiger partial charge in [0.05, 0.1) is 17.2 Å². The van der Waals surface area contributed by atoms with Crippen molar-refractivity contribution >= 4 is 21.4 Å². The lowest BCUT2D eigenvalue weighted by Crippen LogP contribution is -2.44. The Morgan fingerprint density at radius 2 is 2.00 bits per heavy atom. The molecule has 0 radical (unpaired) electrons. The maximum absolute atomic E-state index is 12.4. The molecule has 1 saturated heterocycles. The fourth-order valence-electron chi connectivity index (χ4n) is 2.22. The van der Waals surface area contributed by atoms with Gasteiger partial charge in [-0.3, -0.25) is 4.79 Å². The van der Waals surface area contributed by atoms with E-state index in [0.717, 1.165) is 13.0 Å². The second-order valence-corrected chi connectivity index (χ2v) is 7.10. The fraction of sp³-hybridized carbons (Fsp3) is 0.583. The lowest BCUT2D eigenvalue weighted by molar-refractivity contribution is 0.0759. The van der Waals surface area contributed by atoms with Crippen molar-refractivity contribution in [3.05, 3.63) is 18.0 Å². The van der Waals surface area contributed by atoms with Gasteiger partial charge < -0.3 is 15.2 Å². The monoisotopic (exact) mass is 285 g/mol. The Balaban J connectivity index is 2.16. The van der Waals surface area contributed by atoms with Crippen LogP contribution in [0.15, 0.2) is 12.3 Å². The summed E-state index contributed by atoms with van der Waals surface area (Å²) in [6.07, 6.45) is 2.65. The van der Waals surface area contributed by atoms with Gasteiger partial charge in [0.15, 0.2) is 9.84 Å². The highest BCUT2D eigenvalue weighted by atomic mass is 32.2. The molecule has 1 amide bonds. The highest BCUT2D eigenvalue weighted by Gasteiger charge is 2.27. The van der Waals surface area contributed by atoms with E-state index in [1.54, 1.807) is 17.2 Å². The first-order valence-electron chi connectivity index (χ1n) is 6.38. The second-order valence-electron chi connectivity index (χ2n) is 4.80. The van der Waals surface area contributed by atoms with Gasteiger partial charge in [-0.15, -0.1) is 0 Å². The molecule has 1 fully saturated rings. The molecule has 1 aliphatic rings. The van der Waals surface area contributed by atoms with Crippen LogP contribution in [-0.2, 0) is 16.4 Å². The number of nitrogens with zero attached hydrogens (tertiary/aromatic N) is 2. The van der Waals surface area contributed by atoms with Crippen molar-refractivity contribution in [1.82, 2.24) is 9.47 Å². The van der Waals surface area contributed by atoms with Gasteiger partial charge in [0, 0.05) is 25.8 Å². The minimum absolute atomic E-state index is 0.0444. The molecule has 1 aliphatic heterocycles. The molecule has 2 rings (SSSR count). The molecule has 7 heteroatoms. The van der Waals surface area contributed by atoms with E-state index < -0.39 is 9.84 Å². The number of aromatic nitrogens is 1. The zero-order valence-electron chi connectivity index (χ0n) is 11.0. The number of aryl methyl sites for hydroxylation is 1. The first-order valence-corrected chi connectivity index (χ1v) is 8.20. The maximum atomic E-state index is 12.4. The number of sulfone groups is 1. The van der Waals surface area contributed by atoms with Crippen LogP contribution >= 0.6 is 0 Å². The molecule has 1 aromatic heterocycles. The van der Waals surface area contributed by atoms with Crippen molar-refractivity contribution in [3.63, 3.8) is 0 Å². The summed E-state index contributed by atoms with van der Waals surface area (Å²) in [6.45, 7) is 3.28. The van der Waals surface area contributed by atoms with E-state index in [9.17, 15) is 13.2 Å². The molecule has 0 atom stereocenters. The summed E-state index contributed by atoms with van der Waals surface area (Å²) in [5, 5.41) is 0. The molecule has 0 unspecified atom stereocenters. The normalized spacial score (nSPS) is 18.5. The van der Waals surface area contributed by atoms with Crippen molar-refractivity contribution in [2.75, 3.05) is 30.3 Å². The van der Waals surface area contributed by atoms with Crippen LogP contribution in [0.2, 0.25) is 0 Å². The summed E-state index contributed by atoms with van der Waals surface area (Å²) in [4.78, 5) is 14.0. The molecule has 6 nitrogen and oxygen atoms in total. The van der Waals surface area contributed by atoms with Crippen LogP contribution < -0.4 is 5.73 Å². The molecule has 106 valence electrons. The van der Waals surface area contributed by atoms with Crippen molar-refractivity contribution in [2.45, 2.75) is 19.9 Å². The van der Waals surface area contributed by atoms with Crippen LogP contribution in [0.1, 0.15) is 23.8 Å². The van der Waals surface area contributed by atoms with Crippen LogP contribution in [0.25, 0.3) is 0 Å². The zero-order valence-corrected chi connectivity index (χ0v) is 11.8. The molecular formula is C12H19N3O3S. The van der Waals surface area contributed by atoms with E-state index in [2.05, 4.69) is 0 Å². The highest BCUT2D eigenvalue weighted by Crippen LogP contribution is 2.15. The summed E-state index contributed by atoms with van der Waals surface area (Å²) in [5.41, 5.74) is 6.83. The molecule has 0 spiro atoms. The van der Waals surface area contributed by atoms with E-state index >= 15 is 0 Å². The molecule has 2 heterocycles. The molecule has 0 bridgehead atoms. The zero-order chi connectivity index (χ0) is 14.0. The predicted molar refractivity (Wildman–Crippen MR) is 73.7 cm³/mol. The SMILES string of the molecule is CCCn1cc(N)cc1C(=O)N1CCS(=O)(=O)CC1. The van der Waals surface area contributed by atoms with Gasteiger partial charge in [0.1, 0.15) is 5.69 Å². The lowest BCUT2D eigenvalue weighted by Gasteiger charge is -2.27.